The summed E-state index contributed by atoms with van der Waals surface area (Å²) in [6, 6.07) is 17.8. The lowest BCUT2D eigenvalue weighted by molar-refractivity contribution is 0.344. The molecule has 4 rings (SSSR count). The molecule has 0 atom stereocenters. The first-order valence-corrected chi connectivity index (χ1v) is 9.69. The second kappa shape index (κ2) is 7.50. The number of thioether (sulfide) groups is 1. The predicted molar refractivity (Wildman–Crippen MR) is 101 cm³/mol. The minimum atomic E-state index is 0.546. The Balaban J connectivity index is 1.44. The Hall–Kier alpha value is -1.98. The smallest absolute Gasteiger partial charge is 0.195 e. The lowest BCUT2D eigenvalue weighted by atomic mass is 10.3. The summed E-state index contributed by atoms with van der Waals surface area (Å²) in [7, 11) is 0. The minimum Gasteiger partial charge on any atom is -0.493 e. The van der Waals surface area contributed by atoms with E-state index in [2.05, 4.69) is 26.9 Å². The maximum absolute atomic E-state index is 5.97. The zero-order valence-electron chi connectivity index (χ0n) is 13.6. The van der Waals surface area contributed by atoms with Crippen LogP contribution in [0.1, 0.15) is 24.6 Å². The van der Waals surface area contributed by atoms with Gasteiger partial charge in [-0.25, -0.2) is 0 Å². The van der Waals surface area contributed by atoms with Crippen LogP contribution in [0.15, 0.2) is 59.8 Å². The van der Waals surface area contributed by atoms with Gasteiger partial charge in [0.05, 0.1) is 6.61 Å². The Morgan fingerprint density at radius 3 is 2.68 bits per heavy atom. The summed E-state index contributed by atoms with van der Waals surface area (Å²) < 4.78 is 7.94. The number of aromatic nitrogens is 3. The maximum atomic E-state index is 5.97. The fraction of sp³-hybridized carbons (Fsp3) is 0.263. The second-order valence-corrected chi connectivity index (χ2v) is 7.44. The summed E-state index contributed by atoms with van der Waals surface area (Å²) in [5, 5.41) is 10.5. The molecule has 0 N–H and O–H groups in total. The van der Waals surface area contributed by atoms with Crippen molar-refractivity contribution in [3.63, 3.8) is 0 Å². The van der Waals surface area contributed by atoms with E-state index in [1.165, 1.54) is 12.8 Å². The van der Waals surface area contributed by atoms with Crippen LogP contribution in [0.4, 0.5) is 0 Å². The molecule has 0 spiro atoms. The van der Waals surface area contributed by atoms with Crippen molar-refractivity contribution < 1.29 is 4.74 Å². The van der Waals surface area contributed by atoms with Gasteiger partial charge in [-0.1, -0.05) is 47.6 Å². The number of halogens is 1. The van der Waals surface area contributed by atoms with Crippen molar-refractivity contribution >= 4 is 23.4 Å². The second-order valence-electron chi connectivity index (χ2n) is 5.94. The Labute approximate surface area is 156 Å². The Kier molecular flexibility index (Phi) is 4.95. The number of hydrogen-bond donors (Lipinski definition) is 0. The standard InChI is InChI=1S/C19H18ClN3OS/c20-15-5-4-8-17(13-15)24-11-12-25-19-22-21-18(14-9-10-14)23(19)16-6-2-1-3-7-16/h1-8,13-14H,9-12H2. The molecule has 1 fully saturated rings. The molecule has 0 radical (unpaired) electrons. The third-order valence-corrected chi connectivity index (χ3v) is 5.12. The van der Waals surface area contributed by atoms with Crippen LogP contribution in [0.5, 0.6) is 5.75 Å². The summed E-state index contributed by atoms with van der Waals surface area (Å²) >= 11 is 7.64. The van der Waals surface area contributed by atoms with Crippen LogP contribution < -0.4 is 4.74 Å². The van der Waals surface area contributed by atoms with Crippen LogP contribution in [0.2, 0.25) is 5.02 Å². The van der Waals surface area contributed by atoms with Crippen molar-refractivity contribution in [2.24, 2.45) is 0 Å². The van der Waals surface area contributed by atoms with Crippen molar-refractivity contribution in [2.75, 3.05) is 12.4 Å². The van der Waals surface area contributed by atoms with Crippen molar-refractivity contribution in [3.8, 4) is 11.4 Å². The van der Waals surface area contributed by atoms with Gasteiger partial charge < -0.3 is 4.74 Å². The van der Waals surface area contributed by atoms with Gasteiger partial charge >= 0.3 is 0 Å². The summed E-state index contributed by atoms with van der Waals surface area (Å²) in [5.74, 6) is 3.20. The monoisotopic (exact) mass is 371 g/mol. The van der Waals surface area contributed by atoms with Gasteiger partial charge in [-0.3, -0.25) is 4.57 Å². The molecule has 0 saturated heterocycles. The highest BCUT2D eigenvalue weighted by Gasteiger charge is 2.30. The lowest BCUT2D eigenvalue weighted by Gasteiger charge is -2.10. The van der Waals surface area contributed by atoms with Crippen LogP contribution in [0, 0.1) is 0 Å². The van der Waals surface area contributed by atoms with E-state index in [1.54, 1.807) is 11.8 Å². The van der Waals surface area contributed by atoms with Crippen LogP contribution in [0.3, 0.4) is 0 Å². The SMILES string of the molecule is Clc1cccc(OCCSc2nnc(C3CC3)n2-c2ccccc2)c1. The number of benzene rings is 2. The van der Waals surface area contributed by atoms with E-state index in [4.69, 9.17) is 16.3 Å². The molecule has 1 aliphatic carbocycles. The van der Waals surface area contributed by atoms with E-state index in [1.807, 2.05) is 42.5 Å². The maximum Gasteiger partial charge on any atom is 0.195 e. The number of nitrogens with zero attached hydrogens (tertiary/aromatic N) is 3. The average Bonchev–Trinajstić information content (AvgIpc) is 3.39. The van der Waals surface area contributed by atoms with E-state index in [9.17, 15) is 0 Å². The van der Waals surface area contributed by atoms with Gasteiger partial charge in [0.15, 0.2) is 5.16 Å². The highest BCUT2D eigenvalue weighted by atomic mass is 35.5. The van der Waals surface area contributed by atoms with Gasteiger partial charge in [-0.05, 0) is 43.2 Å². The lowest BCUT2D eigenvalue weighted by Crippen LogP contribution is -2.04. The molecule has 0 unspecified atom stereocenters. The Morgan fingerprint density at radius 2 is 1.92 bits per heavy atom. The molecule has 128 valence electrons. The van der Waals surface area contributed by atoms with E-state index in [0.717, 1.165) is 28.2 Å². The van der Waals surface area contributed by atoms with Crippen LogP contribution in [0.25, 0.3) is 5.69 Å². The topological polar surface area (TPSA) is 39.9 Å². The average molecular weight is 372 g/mol. The first kappa shape index (κ1) is 16.5. The Morgan fingerprint density at radius 1 is 1.08 bits per heavy atom. The number of ether oxygens (including phenoxy) is 1. The van der Waals surface area contributed by atoms with E-state index >= 15 is 0 Å². The molecule has 1 saturated carbocycles. The molecule has 3 aromatic rings. The molecule has 1 heterocycles. The summed E-state index contributed by atoms with van der Waals surface area (Å²) in [6.45, 7) is 0.589. The highest BCUT2D eigenvalue weighted by molar-refractivity contribution is 7.99. The first-order valence-electron chi connectivity index (χ1n) is 8.33. The van der Waals surface area contributed by atoms with E-state index in [-0.39, 0.29) is 0 Å². The number of rotatable bonds is 7. The van der Waals surface area contributed by atoms with Crippen molar-refractivity contribution in [1.82, 2.24) is 14.8 Å². The largest absolute Gasteiger partial charge is 0.493 e. The van der Waals surface area contributed by atoms with Crippen molar-refractivity contribution in [3.05, 3.63) is 65.4 Å². The fourth-order valence-electron chi connectivity index (χ4n) is 2.65. The fourth-order valence-corrected chi connectivity index (χ4v) is 3.61. The van der Waals surface area contributed by atoms with E-state index in [0.29, 0.717) is 17.5 Å². The minimum absolute atomic E-state index is 0.546. The molecule has 0 aliphatic heterocycles. The third kappa shape index (κ3) is 3.99. The molecule has 25 heavy (non-hydrogen) atoms. The summed E-state index contributed by atoms with van der Waals surface area (Å²) in [4.78, 5) is 0. The van der Waals surface area contributed by atoms with Crippen LogP contribution >= 0.6 is 23.4 Å². The molecule has 0 bridgehead atoms. The van der Waals surface area contributed by atoms with Gasteiger partial charge in [0.25, 0.3) is 0 Å². The molecule has 1 aromatic heterocycles. The van der Waals surface area contributed by atoms with Crippen molar-refractivity contribution in [2.45, 2.75) is 23.9 Å². The molecule has 0 amide bonds. The van der Waals surface area contributed by atoms with Gasteiger partial charge in [-0.15, -0.1) is 10.2 Å². The van der Waals surface area contributed by atoms with Gasteiger partial charge in [0, 0.05) is 22.4 Å². The highest BCUT2D eigenvalue weighted by Crippen LogP contribution is 2.41. The van der Waals surface area contributed by atoms with Crippen molar-refractivity contribution in [1.29, 1.82) is 0 Å². The number of para-hydroxylation sites is 1. The molecule has 2 aromatic carbocycles. The molecular weight excluding hydrogens is 354 g/mol. The quantitative estimate of drug-likeness (QED) is 0.434. The van der Waals surface area contributed by atoms with Crippen LogP contribution in [-0.2, 0) is 0 Å². The summed E-state index contributed by atoms with van der Waals surface area (Å²) in [5.41, 5.74) is 1.12. The molecular formula is C19H18ClN3OS. The van der Waals surface area contributed by atoms with Crippen LogP contribution in [-0.4, -0.2) is 27.1 Å². The number of hydrogen-bond acceptors (Lipinski definition) is 4. The van der Waals surface area contributed by atoms with Gasteiger partial charge in [0.2, 0.25) is 0 Å². The third-order valence-electron chi connectivity index (χ3n) is 3.99. The zero-order chi connectivity index (χ0) is 17.1. The first-order chi connectivity index (χ1) is 12.3. The molecule has 1 aliphatic rings. The molecule has 4 nitrogen and oxygen atoms in total. The zero-order valence-corrected chi connectivity index (χ0v) is 15.2. The summed E-state index contributed by atoms with van der Waals surface area (Å²) in [6.07, 6.45) is 2.40. The predicted octanol–water partition coefficient (Wildman–Crippen LogP) is 4.97. The van der Waals surface area contributed by atoms with Gasteiger partial charge in [-0.2, -0.15) is 0 Å². The van der Waals surface area contributed by atoms with Gasteiger partial charge in [0.1, 0.15) is 11.6 Å². The Bertz CT molecular complexity index is 849. The van der Waals surface area contributed by atoms with E-state index < -0.39 is 0 Å². The molecule has 6 heteroatoms. The normalized spacial score (nSPS) is 13.8.